The van der Waals surface area contributed by atoms with Gasteiger partial charge in [0.05, 0.1) is 16.8 Å². The van der Waals surface area contributed by atoms with E-state index < -0.39 is 11.8 Å². The topological polar surface area (TPSA) is 50.2 Å². The lowest BCUT2D eigenvalue weighted by Crippen LogP contribution is -2.07. The second-order valence-electron chi connectivity index (χ2n) is 7.76. The Kier molecular flexibility index (Phi) is 4.46. The molecule has 0 atom stereocenters. The maximum atomic E-state index is 15.1. The molecule has 0 saturated heterocycles. The van der Waals surface area contributed by atoms with Crippen molar-refractivity contribution in [1.29, 1.82) is 0 Å². The number of halogens is 2. The molecule has 2 aromatic carbocycles. The molecule has 150 valence electrons. The van der Waals surface area contributed by atoms with Gasteiger partial charge >= 0.3 is 5.97 Å². The van der Waals surface area contributed by atoms with E-state index in [-0.39, 0.29) is 16.8 Å². The molecule has 0 amide bonds. The summed E-state index contributed by atoms with van der Waals surface area (Å²) in [7, 11) is 0. The van der Waals surface area contributed by atoms with Crippen LogP contribution in [0.15, 0.2) is 48.6 Å². The SMILES string of the molecule is O=C(O)c1c2c(nc3ccc(F)cc13)-c1cc(F)c(C3=CCCC=C3)cc1CCC2. The molecular formula is C25H19F2NO2. The van der Waals surface area contributed by atoms with E-state index in [0.717, 1.165) is 24.0 Å². The Labute approximate surface area is 172 Å². The number of aromatic nitrogens is 1. The van der Waals surface area contributed by atoms with Crippen LogP contribution in [0.2, 0.25) is 0 Å². The zero-order valence-corrected chi connectivity index (χ0v) is 16.2. The summed E-state index contributed by atoms with van der Waals surface area (Å²) in [6, 6.07) is 7.30. The van der Waals surface area contributed by atoms with Crippen LogP contribution in [0.3, 0.4) is 0 Å². The van der Waals surface area contributed by atoms with Gasteiger partial charge in [0, 0.05) is 16.5 Å². The van der Waals surface area contributed by atoms with Gasteiger partial charge in [-0.15, -0.1) is 0 Å². The summed E-state index contributed by atoms with van der Waals surface area (Å²) in [5.74, 6) is -1.98. The molecule has 0 unspecified atom stereocenters. The highest BCUT2D eigenvalue weighted by Crippen LogP contribution is 2.38. The monoisotopic (exact) mass is 403 g/mol. The Balaban J connectivity index is 1.78. The molecule has 1 N–H and O–H groups in total. The number of hydrogen-bond acceptors (Lipinski definition) is 2. The van der Waals surface area contributed by atoms with Crippen LogP contribution < -0.4 is 0 Å². The second-order valence-corrected chi connectivity index (χ2v) is 7.76. The Morgan fingerprint density at radius 1 is 1.03 bits per heavy atom. The standard InChI is InChI=1S/C25H19F2NO2/c26-16-9-10-22-20(12-16)23(25(29)30)17-8-4-7-15-11-18(14-5-2-1-3-6-14)21(27)13-19(15)24(17)28-22/h2,5-6,9-13H,1,3-4,7-8H2,(H,29,30). The van der Waals surface area contributed by atoms with Gasteiger partial charge in [-0.2, -0.15) is 0 Å². The van der Waals surface area contributed by atoms with E-state index in [9.17, 15) is 14.3 Å². The fraction of sp³-hybridized carbons (Fsp3) is 0.200. The zero-order valence-electron chi connectivity index (χ0n) is 16.2. The molecule has 5 heteroatoms. The number of rotatable bonds is 2. The normalized spacial score (nSPS) is 15.3. The van der Waals surface area contributed by atoms with Crippen molar-refractivity contribution in [3.05, 3.63) is 82.4 Å². The van der Waals surface area contributed by atoms with Crippen molar-refractivity contribution in [2.45, 2.75) is 32.1 Å². The van der Waals surface area contributed by atoms with E-state index in [4.69, 9.17) is 0 Å². The Hall–Kier alpha value is -3.34. The van der Waals surface area contributed by atoms with Gasteiger partial charge in [-0.05, 0) is 79.1 Å². The highest BCUT2D eigenvalue weighted by Gasteiger charge is 2.26. The minimum absolute atomic E-state index is 0.0600. The van der Waals surface area contributed by atoms with Gasteiger partial charge in [-0.25, -0.2) is 18.6 Å². The van der Waals surface area contributed by atoms with Crippen LogP contribution in [-0.4, -0.2) is 16.1 Å². The van der Waals surface area contributed by atoms with Gasteiger partial charge in [0.15, 0.2) is 0 Å². The first-order valence-corrected chi connectivity index (χ1v) is 10.1. The van der Waals surface area contributed by atoms with Gasteiger partial charge in [-0.1, -0.05) is 18.2 Å². The number of allylic oxidation sites excluding steroid dienone is 4. The molecular weight excluding hydrogens is 384 g/mol. The van der Waals surface area contributed by atoms with Crippen LogP contribution in [0.25, 0.3) is 27.7 Å². The molecule has 0 saturated carbocycles. The maximum Gasteiger partial charge on any atom is 0.336 e. The lowest BCUT2D eigenvalue weighted by Gasteiger charge is -2.16. The predicted octanol–water partition coefficient (Wildman–Crippen LogP) is 6.10. The molecule has 0 fully saturated rings. The maximum absolute atomic E-state index is 15.1. The molecule has 2 aliphatic carbocycles. The van der Waals surface area contributed by atoms with Crippen LogP contribution in [-0.2, 0) is 12.8 Å². The summed E-state index contributed by atoms with van der Waals surface area (Å²) < 4.78 is 29.0. The quantitative estimate of drug-likeness (QED) is 0.562. The molecule has 1 heterocycles. The Morgan fingerprint density at radius 3 is 2.67 bits per heavy atom. The highest BCUT2D eigenvalue weighted by atomic mass is 19.1. The largest absolute Gasteiger partial charge is 0.478 e. The molecule has 2 aliphatic rings. The van der Waals surface area contributed by atoms with E-state index in [1.807, 2.05) is 24.3 Å². The number of carboxylic acid groups (broad SMARTS) is 1. The fourth-order valence-corrected chi connectivity index (χ4v) is 4.52. The predicted molar refractivity (Wildman–Crippen MR) is 112 cm³/mol. The third-order valence-corrected chi connectivity index (χ3v) is 5.89. The van der Waals surface area contributed by atoms with Gasteiger partial charge in [0.25, 0.3) is 0 Å². The first-order valence-electron chi connectivity index (χ1n) is 10.1. The molecule has 0 radical (unpaired) electrons. The zero-order chi connectivity index (χ0) is 20.8. The smallest absolute Gasteiger partial charge is 0.336 e. The number of hydrogen-bond donors (Lipinski definition) is 1. The number of nitrogens with zero attached hydrogens (tertiary/aromatic N) is 1. The summed E-state index contributed by atoms with van der Waals surface area (Å²) in [5.41, 5.74) is 4.50. The molecule has 3 nitrogen and oxygen atoms in total. The number of aryl methyl sites for hydroxylation is 1. The van der Waals surface area contributed by atoms with Gasteiger partial charge < -0.3 is 5.11 Å². The lowest BCUT2D eigenvalue weighted by atomic mass is 9.91. The van der Waals surface area contributed by atoms with Crippen LogP contribution >= 0.6 is 0 Å². The molecule has 0 aliphatic heterocycles. The Morgan fingerprint density at radius 2 is 1.90 bits per heavy atom. The van der Waals surface area contributed by atoms with Crippen molar-refractivity contribution in [3.63, 3.8) is 0 Å². The number of carboxylic acids is 1. The van der Waals surface area contributed by atoms with E-state index >= 15 is 4.39 Å². The van der Waals surface area contributed by atoms with Crippen LogP contribution in [0.5, 0.6) is 0 Å². The Bertz CT molecular complexity index is 1270. The molecule has 30 heavy (non-hydrogen) atoms. The number of carbonyl (C=O) groups is 1. The minimum atomic E-state index is -1.12. The van der Waals surface area contributed by atoms with E-state index in [1.165, 1.54) is 24.3 Å². The van der Waals surface area contributed by atoms with Crippen molar-refractivity contribution in [2.75, 3.05) is 0 Å². The van der Waals surface area contributed by atoms with Crippen molar-refractivity contribution in [1.82, 2.24) is 4.98 Å². The fourth-order valence-electron chi connectivity index (χ4n) is 4.52. The third kappa shape index (κ3) is 3.02. The van der Waals surface area contributed by atoms with Crippen LogP contribution in [0, 0.1) is 11.6 Å². The van der Waals surface area contributed by atoms with E-state index in [1.54, 1.807) is 0 Å². The van der Waals surface area contributed by atoms with Crippen molar-refractivity contribution >= 4 is 22.4 Å². The minimum Gasteiger partial charge on any atom is -0.478 e. The van der Waals surface area contributed by atoms with Gasteiger partial charge in [0.2, 0.25) is 0 Å². The van der Waals surface area contributed by atoms with Crippen molar-refractivity contribution < 1.29 is 18.7 Å². The van der Waals surface area contributed by atoms with Crippen LogP contribution in [0.4, 0.5) is 8.78 Å². The molecule has 1 aromatic heterocycles. The first kappa shape index (κ1) is 18.7. The van der Waals surface area contributed by atoms with E-state index in [0.29, 0.717) is 47.2 Å². The number of aromatic carboxylic acids is 1. The number of benzene rings is 2. The molecule has 0 bridgehead atoms. The van der Waals surface area contributed by atoms with E-state index in [2.05, 4.69) is 4.98 Å². The molecule has 0 spiro atoms. The third-order valence-electron chi connectivity index (χ3n) is 5.89. The summed E-state index contributed by atoms with van der Waals surface area (Å²) in [6.45, 7) is 0. The summed E-state index contributed by atoms with van der Waals surface area (Å²) in [5, 5.41) is 10.2. The second kappa shape index (κ2) is 7.17. The first-order chi connectivity index (χ1) is 14.5. The highest BCUT2D eigenvalue weighted by molar-refractivity contribution is 6.06. The summed E-state index contributed by atoms with van der Waals surface area (Å²) >= 11 is 0. The lowest BCUT2D eigenvalue weighted by molar-refractivity contribution is 0.0698. The average molecular weight is 403 g/mol. The summed E-state index contributed by atoms with van der Waals surface area (Å²) in [6.07, 6.45) is 9.77. The number of pyridine rings is 1. The van der Waals surface area contributed by atoms with Crippen molar-refractivity contribution in [2.24, 2.45) is 0 Å². The van der Waals surface area contributed by atoms with Gasteiger partial charge in [-0.3, -0.25) is 0 Å². The number of fused-ring (bicyclic) bond motifs is 4. The van der Waals surface area contributed by atoms with Crippen molar-refractivity contribution in [3.8, 4) is 11.3 Å². The van der Waals surface area contributed by atoms with Crippen LogP contribution in [0.1, 0.15) is 46.3 Å². The average Bonchev–Trinajstić information content (AvgIpc) is 2.90. The summed E-state index contributed by atoms with van der Waals surface area (Å²) in [4.78, 5) is 16.8. The molecule has 5 rings (SSSR count). The van der Waals surface area contributed by atoms with Gasteiger partial charge in [0.1, 0.15) is 11.6 Å². The molecule has 3 aromatic rings.